The number of halogens is 1. The zero-order valence-corrected chi connectivity index (χ0v) is 19.9. The molecule has 8 nitrogen and oxygen atoms in total. The molecule has 10 heteroatoms. The van der Waals surface area contributed by atoms with E-state index in [4.69, 9.17) is 21.1 Å². The molecule has 2 heterocycles. The van der Waals surface area contributed by atoms with Gasteiger partial charge in [0.1, 0.15) is 12.4 Å². The van der Waals surface area contributed by atoms with Crippen molar-refractivity contribution in [1.82, 2.24) is 15.2 Å². The van der Waals surface area contributed by atoms with Crippen molar-refractivity contribution in [3.63, 3.8) is 0 Å². The second kappa shape index (κ2) is 10.6. The maximum absolute atomic E-state index is 13.1. The number of nitrogens with one attached hydrogen (secondary N) is 1. The average Bonchev–Trinajstić information content (AvgIpc) is 3.30. The average molecular weight is 497 g/mol. The summed E-state index contributed by atoms with van der Waals surface area (Å²) >= 11 is 7.01. The Bertz CT molecular complexity index is 1290. The third kappa shape index (κ3) is 5.51. The summed E-state index contributed by atoms with van der Waals surface area (Å²) in [7, 11) is 1.56. The highest BCUT2D eigenvalue weighted by Crippen LogP contribution is 2.34. The summed E-state index contributed by atoms with van der Waals surface area (Å²) in [5, 5.41) is 22.0. The number of amides is 1. The highest BCUT2D eigenvalue weighted by Gasteiger charge is 2.20. The molecule has 2 aromatic heterocycles. The number of para-hydroxylation sites is 1. The second-order valence-corrected chi connectivity index (χ2v) is 8.65. The first-order valence-electron chi connectivity index (χ1n) is 10.3. The van der Waals surface area contributed by atoms with Crippen LogP contribution in [0.3, 0.4) is 0 Å². The Kier molecular flexibility index (Phi) is 7.36. The van der Waals surface area contributed by atoms with Crippen LogP contribution in [0.25, 0.3) is 11.1 Å². The van der Waals surface area contributed by atoms with Gasteiger partial charge in [0.05, 0.1) is 24.5 Å². The molecular weight excluding hydrogens is 476 g/mol. The lowest BCUT2D eigenvalue weighted by molar-refractivity contribution is 0.102. The fourth-order valence-electron chi connectivity index (χ4n) is 3.18. The van der Waals surface area contributed by atoms with Gasteiger partial charge in [-0.05, 0) is 48.1 Å². The third-order valence-electron chi connectivity index (χ3n) is 4.90. The molecule has 0 bridgehead atoms. The smallest absolute Gasteiger partial charge is 0.296 e. The molecule has 0 aliphatic heterocycles. The van der Waals surface area contributed by atoms with E-state index in [9.17, 15) is 9.90 Å². The Hall–Kier alpha value is -3.53. The molecule has 34 heavy (non-hydrogen) atoms. The summed E-state index contributed by atoms with van der Waals surface area (Å²) in [4.78, 5) is 17.4. The van der Waals surface area contributed by atoms with E-state index >= 15 is 0 Å². The Morgan fingerprint density at radius 2 is 1.91 bits per heavy atom. The summed E-state index contributed by atoms with van der Waals surface area (Å²) in [5.41, 5.74) is 2.93. The monoisotopic (exact) mass is 496 g/mol. The molecule has 0 saturated carbocycles. The SMILES string of the molecule is COc1ccccc1-c1cc([C@@H](C)O)ncc1C(=O)Nc1nnc(OCc2ccc(Cl)cc2)s1. The summed E-state index contributed by atoms with van der Waals surface area (Å²) in [5.74, 6) is 0.166. The number of carbonyl (C=O) groups excluding carboxylic acids is 1. The Morgan fingerprint density at radius 3 is 2.65 bits per heavy atom. The van der Waals surface area contributed by atoms with Crippen molar-refractivity contribution in [3.8, 4) is 22.1 Å². The van der Waals surface area contributed by atoms with Crippen LogP contribution in [0.4, 0.5) is 5.13 Å². The number of methoxy groups -OCH3 is 1. The van der Waals surface area contributed by atoms with Gasteiger partial charge in [-0.3, -0.25) is 15.1 Å². The molecule has 1 atom stereocenters. The van der Waals surface area contributed by atoms with Gasteiger partial charge in [0, 0.05) is 22.3 Å². The number of aromatic nitrogens is 3. The van der Waals surface area contributed by atoms with Crippen LogP contribution >= 0.6 is 22.9 Å². The number of carbonyl (C=O) groups is 1. The van der Waals surface area contributed by atoms with Crippen LogP contribution in [-0.4, -0.2) is 33.3 Å². The molecule has 0 radical (unpaired) electrons. The number of anilines is 1. The molecule has 2 aromatic carbocycles. The van der Waals surface area contributed by atoms with E-state index in [-0.39, 0.29) is 5.13 Å². The molecule has 4 aromatic rings. The lowest BCUT2D eigenvalue weighted by Crippen LogP contribution is -2.14. The van der Waals surface area contributed by atoms with Crippen molar-refractivity contribution in [2.45, 2.75) is 19.6 Å². The van der Waals surface area contributed by atoms with Gasteiger partial charge in [-0.25, -0.2) is 0 Å². The van der Waals surface area contributed by atoms with Gasteiger partial charge in [-0.1, -0.05) is 47.0 Å². The van der Waals surface area contributed by atoms with Gasteiger partial charge in [0.15, 0.2) is 0 Å². The third-order valence-corrected chi connectivity index (χ3v) is 5.90. The zero-order chi connectivity index (χ0) is 24.1. The van der Waals surface area contributed by atoms with Gasteiger partial charge in [-0.2, -0.15) is 0 Å². The van der Waals surface area contributed by atoms with Crippen LogP contribution in [-0.2, 0) is 6.61 Å². The minimum absolute atomic E-state index is 0.279. The van der Waals surface area contributed by atoms with Crippen LogP contribution in [0.5, 0.6) is 10.9 Å². The largest absolute Gasteiger partial charge is 0.496 e. The van der Waals surface area contributed by atoms with E-state index < -0.39 is 12.0 Å². The summed E-state index contributed by atoms with van der Waals surface area (Å²) in [6.45, 7) is 1.91. The van der Waals surface area contributed by atoms with E-state index in [1.807, 2.05) is 30.3 Å². The predicted octanol–water partition coefficient (Wildman–Crippen LogP) is 5.15. The summed E-state index contributed by atoms with van der Waals surface area (Å²) in [6.07, 6.45) is 0.632. The zero-order valence-electron chi connectivity index (χ0n) is 18.4. The second-order valence-electron chi connectivity index (χ2n) is 7.27. The highest BCUT2D eigenvalue weighted by atomic mass is 35.5. The molecule has 0 aliphatic rings. The Balaban J connectivity index is 1.54. The van der Waals surface area contributed by atoms with Crippen LogP contribution in [0.1, 0.15) is 34.6 Å². The highest BCUT2D eigenvalue weighted by molar-refractivity contribution is 7.17. The van der Waals surface area contributed by atoms with Crippen LogP contribution < -0.4 is 14.8 Å². The Labute approximate surface area is 205 Å². The van der Waals surface area contributed by atoms with E-state index in [2.05, 4.69) is 20.5 Å². The molecule has 0 spiro atoms. The van der Waals surface area contributed by atoms with Gasteiger partial charge in [-0.15, -0.1) is 5.10 Å². The number of hydrogen-bond donors (Lipinski definition) is 2. The summed E-state index contributed by atoms with van der Waals surface area (Å²) in [6, 6.07) is 16.3. The molecule has 0 fully saturated rings. The fourth-order valence-corrected chi connectivity index (χ4v) is 3.90. The van der Waals surface area contributed by atoms with Gasteiger partial charge >= 0.3 is 0 Å². The van der Waals surface area contributed by atoms with Crippen molar-refractivity contribution in [1.29, 1.82) is 0 Å². The van der Waals surface area contributed by atoms with Crippen molar-refractivity contribution in [3.05, 3.63) is 82.6 Å². The minimum Gasteiger partial charge on any atom is -0.496 e. The molecule has 2 N–H and O–H groups in total. The molecule has 1 amide bonds. The Morgan fingerprint density at radius 1 is 1.15 bits per heavy atom. The number of ether oxygens (including phenoxy) is 2. The minimum atomic E-state index is -0.797. The van der Waals surface area contributed by atoms with Crippen molar-refractivity contribution in [2.75, 3.05) is 12.4 Å². The predicted molar refractivity (Wildman–Crippen MR) is 131 cm³/mol. The quantitative estimate of drug-likeness (QED) is 0.347. The topological polar surface area (TPSA) is 106 Å². The number of benzene rings is 2. The number of rotatable bonds is 8. The van der Waals surface area contributed by atoms with E-state index in [1.165, 1.54) is 6.20 Å². The van der Waals surface area contributed by atoms with Crippen molar-refractivity contribution >= 4 is 34.0 Å². The normalized spacial score (nSPS) is 11.6. The number of nitrogens with zero attached hydrogens (tertiary/aromatic N) is 3. The first-order chi connectivity index (χ1) is 16.4. The number of aliphatic hydroxyl groups is 1. The van der Waals surface area contributed by atoms with Crippen LogP contribution in [0.15, 0.2) is 60.8 Å². The molecule has 0 saturated heterocycles. The molecule has 4 rings (SSSR count). The van der Waals surface area contributed by atoms with Gasteiger partial charge in [0.25, 0.3) is 11.1 Å². The number of hydrogen-bond acceptors (Lipinski definition) is 8. The van der Waals surface area contributed by atoms with Crippen molar-refractivity contribution < 1.29 is 19.4 Å². The van der Waals surface area contributed by atoms with Crippen molar-refractivity contribution in [2.24, 2.45) is 0 Å². The van der Waals surface area contributed by atoms with Gasteiger partial charge < -0.3 is 14.6 Å². The standard InChI is InChI=1S/C24H21ClN4O4S/c1-14(30)20-11-18(17-5-3-4-6-21(17)32-2)19(12-26-20)22(31)27-23-28-29-24(34-23)33-13-15-7-9-16(25)10-8-15/h3-12,14,30H,13H2,1-2H3,(H,27,28,31)/t14-/m1/s1. The molecule has 0 aliphatic carbocycles. The molecular formula is C24H21ClN4O4S. The number of aliphatic hydroxyl groups excluding tert-OH is 1. The number of pyridine rings is 1. The van der Waals surface area contributed by atoms with E-state index in [1.54, 1.807) is 38.3 Å². The molecule has 174 valence electrons. The fraction of sp³-hybridized carbons (Fsp3) is 0.167. The first-order valence-corrected chi connectivity index (χ1v) is 11.5. The molecule has 0 unspecified atom stereocenters. The van der Waals surface area contributed by atoms with E-state index in [0.29, 0.717) is 45.0 Å². The van der Waals surface area contributed by atoms with Crippen LogP contribution in [0.2, 0.25) is 5.02 Å². The summed E-state index contributed by atoms with van der Waals surface area (Å²) < 4.78 is 11.1. The maximum atomic E-state index is 13.1. The van der Waals surface area contributed by atoms with E-state index in [0.717, 1.165) is 16.9 Å². The van der Waals surface area contributed by atoms with Crippen LogP contribution in [0, 0.1) is 0 Å². The lowest BCUT2D eigenvalue weighted by atomic mass is 9.98. The maximum Gasteiger partial charge on any atom is 0.296 e. The van der Waals surface area contributed by atoms with Gasteiger partial charge in [0.2, 0.25) is 5.13 Å². The lowest BCUT2D eigenvalue weighted by Gasteiger charge is -2.14. The first kappa shape index (κ1) is 23.6.